The Labute approximate surface area is 116 Å². The van der Waals surface area contributed by atoms with E-state index in [0.717, 1.165) is 12.8 Å². The largest absolute Gasteiger partial charge is 0.481 e. The van der Waals surface area contributed by atoms with E-state index in [1.165, 1.54) is 0 Å². The predicted octanol–water partition coefficient (Wildman–Crippen LogP) is 2.18. The second kappa shape index (κ2) is 8.51. The lowest BCUT2D eigenvalue weighted by Crippen LogP contribution is -2.31. The summed E-state index contributed by atoms with van der Waals surface area (Å²) in [5.41, 5.74) is 4.77. The number of carboxylic acid groups (broad SMARTS) is 1. The van der Waals surface area contributed by atoms with E-state index in [2.05, 4.69) is 0 Å². The van der Waals surface area contributed by atoms with Gasteiger partial charge < -0.3 is 20.3 Å². The molecule has 0 aromatic carbocycles. The standard InChI is InChI=1S/C14H29NO4/c1-13(2,7-6-12(16)17)19-11-8-14(3,4)18-10-5-9-15/h5-11,15H2,1-4H3,(H,16,17). The minimum absolute atomic E-state index is 0.128. The quantitative estimate of drug-likeness (QED) is 0.565. The van der Waals surface area contributed by atoms with Crippen LogP contribution >= 0.6 is 0 Å². The molecule has 0 saturated carbocycles. The van der Waals surface area contributed by atoms with Gasteiger partial charge in [0.2, 0.25) is 0 Å². The lowest BCUT2D eigenvalue weighted by molar-refractivity contribution is -0.139. The van der Waals surface area contributed by atoms with Gasteiger partial charge in [-0.2, -0.15) is 0 Å². The first kappa shape index (κ1) is 18.4. The maximum Gasteiger partial charge on any atom is 0.303 e. The van der Waals surface area contributed by atoms with Gasteiger partial charge in [0.1, 0.15) is 0 Å². The van der Waals surface area contributed by atoms with Crippen molar-refractivity contribution in [1.82, 2.24) is 0 Å². The van der Waals surface area contributed by atoms with E-state index in [4.69, 9.17) is 20.3 Å². The molecule has 0 radical (unpaired) electrons. The Morgan fingerprint density at radius 2 is 1.58 bits per heavy atom. The molecule has 0 saturated heterocycles. The molecular formula is C14H29NO4. The van der Waals surface area contributed by atoms with Gasteiger partial charge in [0.15, 0.2) is 0 Å². The van der Waals surface area contributed by atoms with E-state index in [0.29, 0.717) is 26.2 Å². The lowest BCUT2D eigenvalue weighted by atomic mass is 10.0. The number of aliphatic carboxylic acids is 1. The van der Waals surface area contributed by atoms with Crippen LogP contribution in [0.25, 0.3) is 0 Å². The summed E-state index contributed by atoms with van der Waals surface area (Å²) in [4.78, 5) is 10.5. The van der Waals surface area contributed by atoms with Crippen LogP contribution in [0.5, 0.6) is 0 Å². The molecule has 0 aromatic heterocycles. The molecule has 0 aliphatic carbocycles. The summed E-state index contributed by atoms with van der Waals surface area (Å²) in [5.74, 6) is -0.790. The maximum absolute atomic E-state index is 10.5. The number of nitrogens with two attached hydrogens (primary N) is 1. The summed E-state index contributed by atoms with van der Waals surface area (Å²) in [6.07, 6.45) is 2.27. The maximum atomic E-state index is 10.5. The van der Waals surface area contributed by atoms with Crippen molar-refractivity contribution in [3.05, 3.63) is 0 Å². The normalized spacial score (nSPS) is 12.7. The Kier molecular flexibility index (Phi) is 8.22. The van der Waals surface area contributed by atoms with E-state index >= 15 is 0 Å². The summed E-state index contributed by atoms with van der Waals surface area (Å²) in [5, 5.41) is 8.67. The molecule has 0 bridgehead atoms. The highest BCUT2D eigenvalue weighted by Crippen LogP contribution is 2.20. The van der Waals surface area contributed by atoms with Crippen LogP contribution in [0.15, 0.2) is 0 Å². The molecule has 5 heteroatoms. The van der Waals surface area contributed by atoms with E-state index in [1.807, 2.05) is 27.7 Å². The van der Waals surface area contributed by atoms with Crippen LogP contribution in [0.1, 0.15) is 53.4 Å². The number of ether oxygens (including phenoxy) is 2. The summed E-state index contributed by atoms with van der Waals surface area (Å²) < 4.78 is 11.5. The molecule has 0 rings (SSSR count). The zero-order valence-corrected chi connectivity index (χ0v) is 12.7. The first-order valence-electron chi connectivity index (χ1n) is 6.88. The zero-order valence-electron chi connectivity index (χ0n) is 12.7. The summed E-state index contributed by atoms with van der Waals surface area (Å²) in [6, 6.07) is 0. The minimum Gasteiger partial charge on any atom is -0.481 e. The third kappa shape index (κ3) is 10.9. The molecule has 0 atom stereocenters. The van der Waals surface area contributed by atoms with Gasteiger partial charge in [0.05, 0.1) is 17.8 Å². The number of hydrogen-bond acceptors (Lipinski definition) is 4. The highest BCUT2D eigenvalue weighted by Gasteiger charge is 2.23. The van der Waals surface area contributed by atoms with Crippen molar-refractivity contribution in [3.63, 3.8) is 0 Å². The number of carbonyl (C=O) groups is 1. The monoisotopic (exact) mass is 275 g/mol. The van der Waals surface area contributed by atoms with Crippen LogP contribution in [0.2, 0.25) is 0 Å². The first-order valence-corrected chi connectivity index (χ1v) is 6.88. The molecule has 0 aromatic rings. The Morgan fingerprint density at radius 3 is 2.11 bits per heavy atom. The Bertz CT molecular complexity index is 264. The summed E-state index contributed by atoms with van der Waals surface area (Å²) in [7, 11) is 0. The summed E-state index contributed by atoms with van der Waals surface area (Å²) in [6.45, 7) is 9.73. The van der Waals surface area contributed by atoms with Gasteiger partial charge in [-0.1, -0.05) is 0 Å². The Morgan fingerprint density at radius 1 is 1.05 bits per heavy atom. The van der Waals surface area contributed by atoms with Crippen molar-refractivity contribution >= 4 is 5.97 Å². The van der Waals surface area contributed by atoms with Crippen LogP contribution in [-0.2, 0) is 14.3 Å². The molecule has 3 N–H and O–H groups in total. The van der Waals surface area contributed by atoms with Crippen molar-refractivity contribution in [2.45, 2.75) is 64.6 Å². The zero-order chi connectivity index (χ0) is 14.9. The van der Waals surface area contributed by atoms with E-state index in [1.54, 1.807) is 0 Å². The minimum atomic E-state index is -0.790. The fourth-order valence-electron chi connectivity index (χ4n) is 1.56. The molecule has 19 heavy (non-hydrogen) atoms. The van der Waals surface area contributed by atoms with Gasteiger partial charge in [-0.3, -0.25) is 4.79 Å². The topological polar surface area (TPSA) is 81.8 Å². The molecule has 0 heterocycles. The molecule has 114 valence electrons. The second-order valence-corrected chi connectivity index (χ2v) is 6.00. The van der Waals surface area contributed by atoms with E-state index in [9.17, 15) is 4.79 Å². The van der Waals surface area contributed by atoms with Crippen LogP contribution in [0.3, 0.4) is 0 Å². The number of rotatable bonds is 11. The highest BCUT2D eigenvalue weighted by molar-refractivity contribution is 5.66. The second-order valence-electron chi connectivity index (χ2n) is 6.00. The van der Waals surface area contributed by atoms with Gasteiger partial charge in [0.25, 0.3) is 0 Å². The van der Waals surface area contributed by atoms with Gasteiger partial charge in [-0.25, -0.2) is 0 Å². The number of hydrogen-bond donors (Lipinski definition) is 2. The molecule has 0 aliphatic rings. The Balaban J connectivity index is 3.89. The van der Waals surface area contributed by atoms with Crippen molar-refractivity contribution in [1.29, 1.82) is 0 Å². The van der Waals surface area contributed by atoms with Gasteiger partial charge in [0, 0.05) is 13.0 Å². The molecular weight excluding hydrogens is 246 g/mol. The molecule has 0 spiro atoms. The summed E-state index contributed by atoms with van der Waals surface area (Å²) >= 11 is 0. The van der Waals surface area contributed by atoms with Crippen molar-refractivity contribution in [2.75, 3.05) is 19.8 Å². The predicted molar refractivity (Wildman–Crippen MR) is 75.2 cm³/mol. The first-order chi connectivity index (χ1) is 8.68. The van der Waals surface area contributed by atoms with Crippen molar-refractivity contribution in [3.8, 4) is 0 Å². The lowest BCUT2D eigenvalue weighted by Gasteiger charge is -2.29. The van der Waals surface area contributed by atoms with E-state index in [-0.39, 0.29) is 12.0 Å². The molecule has 0 fully saturated rings. The van der Waals surface area contributed by atoms with Gasteiger partial charge in [-0.15, -0.1) is 0 Å². The van der Waals surface area contributed by atoms with Crippen LogP contribution in [0, 0.1) is 0 Å². The smallest absolute Gasteiger partial charge is 0.303 e. The number of carboxylic acids is 1. The molecule has 0 unspecified atom stereocenters. The van der Waals surface area contributed by atoms with Crippen molar-refractivity contribution in [2.24, 2.45) is 5.73 Å². The van der Waals surface area contributed by atoms with Crippen LogP contribution < -0.4 is 5.73 Å². The fourth-order valence-corrected chi connectivity index (χ4v) is 1.56. The SMILES string of the molecule is CC(C)(CCOC(C)(C)CCC(=O)O)OCCCN. The van der Waals surface area contributed by atoms with Gasteiger partial charge >= 0.3 is 5.97 Å². The van der Waals surface area contributed by atoms with Crippen molar-refractivity contribution < 1.29 is 19.4 Å². The average Bonchev–Trinajstić information content (AvgIpc) is 2.26. The molecule has 5 nitrogen and oxygen atoms in total. The van der Waals surface area contributed by atoms with E-state index < -0.39 is 11.6 Å². The van der Waals surface area contributed by atoms with Gasteiger partial charge in [-0.05, 0) is 53.5 Å². The molecule has 0 amide bonds. The third-order valence-corrected chi connectivity index (χ3v) is 2.98. The Hall–Kier alpha value is -0.650. The fraction of sp³-hybridized carbons (Fsp3) is 0.929. The average molecular weight is 275 g/mol. The highest BCUT2D eigenvalue weighted by atomic mass is 16.5. The third-order valence-electron chi connectivity index (χ3n) is 2.98. The van der Waals surface area contributed by atoms with Crippen LogP contribution in [-0.4, -0.2) is 42.0 Å². The van der Waals surface area contributed by atoms with Crippen LogP contribution in [0.4, 0.5) is 0 Å². The molecule has 0 aliphatic heterocycles.